The van der Waals surface area contributed by atoms with E-state index in [1.807, 2.05) is 0 Å². The van der Waals surface area contributed by atoms with E-state index in [0.29, 0.717) is 0 Å². The van der Waals surface area contributed by atoms with Crippen molar-refractivity contribution in [2.45, 2.75) is 0 Å². The van der Waals surface area contributed by atoms with Crippen LogP contribution in [0.1, 0.15) is 0 Å². The van der Waals surface area contributed by atoms with E-state index >= 15 is 0 Å². The smallest absolute Gasteiger partial charge is 0.473 e. The van der Waals surface area contributed by atoms with Crippen molar-refractivity contribution in [3.05, 3.63) is 0 Å². The van der Waals surface area contributed by atoms with E-state index in [9.17, 15) is 21.9 Å². The van der Waals surface area contributed by atoms with Gasteiger partial charge in [-0.25, -0.2) is 9.59 Å². The highest BCUT2D eigenvalue weighted by Gasteiger charge is 2.21. The van der Waals surface area contributed by atoms with Crippen LogP contribution >= 0.6 is 0 Å². The summed E-state index contributed by atoms with van der Waals surface area (Å²) in [6, 6.07) is 0. The fourth-order valence-electron chi connectivity index (χ4n) is 0.126. The highest BCUT2D eigenvalue weighted by Crippen LogP contribution is 1.93. The second-order valence-electron chi connectivity index (χ2n) is 1.07. The summed E-state index contributed by atoms with van der Waals surface area (Å²) in [6.07, 6.45) is 0. The zero-order valence-electron chi connectivity index (χ0n) is 4.27. The molecule has 0 rings (SSSR count). The van der Waals surface area contributed by atoms with Gasteiger partial charge in [-0.15, -0.1) is 0 Å². The highest BCUT2D eigenvalue weighted by molar-refractivity contribution is 7.82. The number of hydrogen-bond acceptors (Lipinski definition) is 5. The maximum Gasteiger partial charge on any atom is 0.491 e. The van der Waals surface area contributed by atoms with Gasteiger partial charge in [0.1, 0.15) is 0 Å². The predicted octanol–water partition coefficient (Wildman–Crippen LogP) is -1.17. The van der Waals surface area contributed by atoms with Crippen molar-refractivity contribution in [1.82, 2.24) is 0 Å². The number of carboxylic acid groups (broad SMARTS) is 1. The second kappa shape index (κ2) is 2.60. The molecular formula is C2HFO6S. The zero-order chi connectivity index (χ0) is 8.36. The first kappa shape index (κ1) is 8.82. The second-order valence-corrected chi connectivity index (χ2v) is 2.02. The van der Waals surface area contributed by atoms with Gasteiger partial charge in [0.2, 0.25) is 0 Å². The van der Waals surface area contributed by atoms with Crippen LogP contribution in [0.2, 0.25) is 0 Å². The molecule has 0 saturated carbocycles. The Morgan fingerprint density at radius 1 is 1.40 bits per heavy atom. The van der Waals surface area contributed by atoms with Crippen LogP contribution in [0.4, 0.5) is 3.89 Å². The van der Waals surface area contributed by atoms with Crippen LogP contribution in [-0.2, 0) is 24.3 Å². The SMILES string of the molecule is O=C(O)C(=O)OS(=O)(=O)F. The topological polar surface area (TPSA) is 97.7 Å². The van der Waals surface area contributed by atoms with Gasteiger partial charge in [-0.2, -0.15) is 8.42 Å². The lowest BCUT2D eigenvalue weighted by molar-refractivity contribution is -0.157. The minimum atomic E-state index is -5.50. The van der Waals surface area contributed by atoms with Gasteiger partial charge < -0.3 is 9.29 Å². The molecule has 0 aromatic carbocycles. The number of carbonyl (C=O) groups is 2. The Morgan fingerprint density at radius 2 is 1.80 bits per heavy atom. The summed E-state index contributed by atoms with van der Waals surface area (Å²) in [4.78, 5) is 19.2. The maximum absolute atomic E-state index is 11.3. The molecular weight excluding hydrogens is 171 g/mol. The number of carbonyl (C=O) groups excluding carboxylic acids is 1. The monoisotopic (exact) mass is 172 g/mol. The molecule has 0 aliphatic rings. The Hall–Kier alpha value is -1.18. The molecule has 0 bridgehead atoms. The third-order valence-corrected chi connectivity index (χ3v) is 0.700. The molecule has 6 nitrogen and oxygen atoms in total. The van der Waals surface area contributed by atoms with Crippen LogP contribution in [0.5, 0.6) is 0 Å². The number of hydrogen-bond donors (Lipinski definition) is 1. The molecule has 0 saturated heterocycles. The molecule has 0 amide bonds. The first-order valence-corrected chi connectivity index (χ1v) is 3.05. The third kappa shape index (κ3) is 3.78. The predicted molar refractivity (Wildman–Crippen MR) is 23.8 cm³/mol. The van der Waals surface area contributed by atoms with Crippen molar-refractivity contribution in [2.75, 3.05) is 0 Å². The van der Waals surface area contributed by atoms with Crippen molar-refractivity contribution in [3.63, 3.8) is 0 Å². The van der Waals surface area contributed by atoms with Gasteiger partial charge in [0.05, 0.1) is 0 Å². The van der Waals surface area contributed by atoms with Crippen LogP contribution in [0.15, 0.2) is 0 Å². The van der Waals surface area contributed by atoms with Gasteiger partial charge in [0.25, 0.3) is 0 Å². The van der Waals surface area contributed by atoms with Crippen LogP contribution < -0.4 is 0 Å². The van der Waals surface area contributed by atoms with Gasteiger partial charge in [0.15, 0.2) is 0 Å². The lowest BCUT2D eigenvalue weighted by Crippen LogP contribution is -2.18. The van der Waals surface area contributed by atoms with E-state index in [0.717, 1.165) is 0 Å². The van der Waals surface area contributed by atoms with Gasteiger partial charge >= 0.3 is 22.4 Å². The molecule has 0 heterocycles. The largest absolute Gasteiger partial charge is 0.491 e. The molecule has 1 N–H and O–H groups in total. The summed E-state index contributed by atoms with van der Waals surface area (Å²) in [5.74, 6) is -4.36. The highest BCUT2D eigenvalue weighted by atomic mass is 32.3. The summed E-state index contributed by atoms with van der Waals surface area (Å²) in [5, 5.41) is 7.64. The standard InChI is InChI=1S/C2HFO6S/c3-10(7,8)9-2(6)1(4)5/h(H,4,5). The third-order valence-electron chi connectivity index (χ3n) is 0.350. The van der Waals surface area contributed by atoms with Crippen LogP contribution in [-0.4, -0.2) is 25.5 Å². The van der Waals surface area contributed by atoms with E-state index in [4.69, 9.17) is 5.11 Å². The van der Waals surface area contributed by atoms with Crippen LogP contribution in [0, 0.1) is 0 Å². The van der Waals surface area contributed by atoms with E-state index in [1.165, 1.54) is 0 Å². The Kier molecular flexibility index (Phi) is 2.30. The van der Waals surface area contributed by atoms with Crippen LogP contribution in [0.3, 0.4) is 0 Å². The lowest BCUT2D eigenvalue weighted by atomic mass is 10.7. The van der Waals surface area contributed by atoms with E-state index in [2.05, 4.69) is 4.18 Å². The molecule has 0 spiro atoms. The molecule has 0 atom stereocenters. The zero-order valence-corrected chi connectivity index (χ0v) is 5.09. The first-order valence-electron chi connectivity index (χ1n) is 1.74. The normalized spacial score (nSPS) is 10.5. The average molecular weight is 172 g/mol. The van der Waals surface area contributed by atoms with Crippen molar-refractivity contribution >= 4 is 22.4 Å². The Labute approximate surface area is 54.6 Å². The summed E-state index contributed by atoms with van der Waals surface area (Å²) in [5.41, 5.74) is 0. The van der Waals surface area contributed by atoms with Crippen molar-refractivity contribution in [3.8, 4) is 0 Å². The fraction of sp³-hybridized carbons (Fsp3) is 0. The maximum atomic E-state index is 11.3. The molecule has 0 aromatic rings. The minimum Gasteiger partial charge on any atom is -0.473 e. The molecule has 0 aliphatic carbocycles. The summed E-state index contributed by atoms with van der Waals surface area (Å²) < 4.78 is 32.8. The molecule has 10 heavy (non-hydrogen) atoms. The van der Waals surface area contributed by atoms with E-state index in [1.54, 1.807) is 0 Å². The van der Waals surface area contributed by atoms with E-state index < -0.39 is 22.4 Å². The Bertz CT molecular complexity index is 251. The quantitative estimate of drug-likeness (QED) is 0.395. The van der Waals surface area contributed by atoms with Crippen LogP contribution in [0.25, 0.3) is 0 Å². The van der Waals surface area contributed by atoms with Crippen molar-refractivity contribution in [2.24, 2.45) is 0 Å². The molecule has 58 valence electrons. The molecule has 0 fully saturated rings. The summed E-state index contributed by atoms with van der Waals surface area (Å²) in [7, 11) is -5.50. The van der Waals surface area contributed by atoms with Crippen molar-refractivity contribution < 1.29 is 31.2 Å². The summed E-state index contributed by atoms with van der Waals surface area (Å²) in [6.45, 7) is 0. The molecule has 0 unspecified atom stereocenters. The first-order chi connectivity index (χ1) is 4.33. The number of carboxylic acids is 1. The Balaban J connectivity index is 4.21. The fourth-order valence-corrected chi connectivity index (χ4v) is 0.378. The number of halogens is 1. The summed E-state index contributed by atoms with van der Waals surface area (Å²) >= 11 is 0. The van der Waals surface area contributed by atoms with Gasteiger partial charge in [-0.1, -0.05) is 3.89 Å². The van der Waals surface area contributed by atoms with Gasteiger partial charge in [-0.05, 0) is 0 Å². The average Bonchev–Trinajstić information content (AvgIpc) is 1.60. The molecule has 8 heteroatoms. The van der Waals surface area contributed by atoms with Crippen molar-refractivity contribution in [1.29, 1.82) is 0 Å². The van der Waals surface area contributed by atoms with Gasteiger partial charge in [-0.3, -0.25) is 0 Å². The Morgan fingerprint density at radius 3 is 1.90 bits per heavy atom. The number of aliphatic carboxylic acids is 1. The molecule has 0 aromatic heterocycles. The minimum absolute atomic E-state index is 2.18. The molecule has 0 radical (unpaired) electrons. The lowest BCUT2D eigenvalue weighted by Gasteiger charge is -1.89. The molecule has 0 aliphatic heterocycles. The number of rotatable bonds is 1. The van der Waals surface area contributed by atoms with E-state index in [-0.39, 0.29) is 0 Å². The van der Waals surface area contributed by atoms with Gasteiger partial charge in [0, 0.05) is 0 Å².